The smallest absolute Gasteiger partial charge is 0.166 e. The molecule has 0 radical (unpaired) electrons. The summed E-state index contributed by atoms with van der Waals surface area (Å²) in [5.74, 6) is 2.27. The zero-order chi connectivity index (χ0) is 14.2. The Morgan fingerprint density at radius 1 is 0.810 bits per heavy atom. The highest BCUT2D eigenvalue weighted by molar-refractivity contribution is 5.99. The Morgan fingerprint density at radius 3 is 2.14 bits per heavy atom. The number of ketones is 1. The summed E-state index contributed by atoms with van der Waals surface area (Å²) in [5.41, 5.74) is 2.25. The minimum Gasteiger partial charge on any atom is -0.294 e. The van der Waals surface area contributed by atoms with Gasteiger partial charge in [-0.3, -0.25) is 4.79 Å². The van der Waals surface area contributed by atoms with E-state index in [4.69, 9.17) is 0 Å². The van der Waals surface area contributed by atoms with Gasteiger partial charge in [0.1, 0.15) is 0 Å². The number of hydrogen-bond acceptors (Lipinski definition) is 1. The quantitative estimate of drug-likeness (QED) is 0.743. The lowest BCUT2D eigenvalue weighted by molar-refractivity contribution is 0.0853. The van der Waals surface area contributed by atoms with E-state index in [9.17, 15) is 4.79 Å². The van der Waals surface area contributed by atoms with Crippen molar-refractivity contribution in [2.24, 2.45) is 17.8 Å². The Balaban J connectivity index is 1.71. The summed E-state index contributed by atoms with van der Waals surface area (Å²) in [6.07, 6.45) is 3.77. The molecule has 0 aliphatic heterocycles. The first-order valence-corrected chi connectivity index (χ1v) is 7.99. The second-order valence-corrected chi connectivity index (χ2v) is 6.53. The van der Waals surface area contributed by atoms with Crippen molar-refractivity contribution in [3.8, 4) is 0 Å². The molecule has 2 saturated carbocycles. The second kappa shape index (κ2) is 5.14. The zero-order valence-electron chi connectivity index (χ0n) is 12.1. The molecule has 2 fully saturated rings. The largest absolute Gasteiger partial charge is 0.294 e. The molecule has 2 bridgehead atoms. The predicted octanol–water partition coefficient (Wildman–Crippen LogP) is 4.70. The zero-order valence-corrected chi connectivity index (χ0v) is 12.1. The van der Waals surface area contributed by atoms with Crippen LogP contribution in [-0.4, -0.2) is 5.78 Å². The maximum absolute atomic E-state index is 13.0. The Labute approximate surface area is 126 Å². The fraction of sp³-hybridized carbons (Fsp3) is 0.350. The topological polar surface area (TPSA) is 17.1 Å². The summed E-state index contributed by atoms with van der Waals surface area (Å²) < 4.78 is 0. The lowest BCUT2D eigenvalue weighted by Gasteiger charge is -2.30. The molecule has 0 N–H and O–H groups in total. The van der Waals surface area contributed by atoms with E-state index in [0.29, 0.717) is 23.5 Å². The first-order chi connectivity index (χ1) is 10.3. The monoisotopic (exact) mass is 276 g/mol. The second-order valence-electron chi connectivity index (χ2n) is 6.53. The molecule has 4 atom stereocenters. The van der Waals surface area contributed by atoms with Crippen LogP contribution in [0.5, 0.6) is 0 Å². The molecular weight excluding hydrogens is 256 g/mol. The Morgan fingerprint density at radius 2 is 1.43 bits per heavy atom. The van der Waals surface area contributed by atoms with E-state index in [1.165, 1.54) is 24.8 Å². The van der Waals surface area contributed by atoms with Crippen LogP contribution in [0.3, 0.4) is 0 Å². The molecule has 106 valence electrons. The van der Waals surface area contributed by atoms with E-state index in [1.54, 1.807) is 0 Å². The average Bonchev–Trinajstić information content (AvgIpc) is 3.17. The van der Waals surface area contributed by atoms with Crippen molar-refractivity contribution in [3.63, 3.8) is 0 Å². The molecule has 2 aliphatic rings. The minimum atomic E-state index is 0.188. The van der Waals surface area contributed by atoms with Crippen LogP contribution in [0.25, 0.3) is 0 Å². The van der Waals surface area contributed by atoms with Crippen LogP contribution in [-0.2, 0) is 0 Å². The first-order valence-electron chi connectivity index (χ1n) is 7.99. The average molecular weight is 276 g/mol. The number of carbonyl (C=O) groups is 1. The van der Waals surface area contributed by atoms with Crippen LogP contribution in [0, 0.1) is 17.8 Å². The highest BCUT2D eigenvalue weighted by Crippen LogP contribution is 2.57. The van der Waals surface area contributed by atoms with Crippen molar-refractivity contribution < 1.29 is 4.79 Å². The normalized spacial score (nSPS) is 30.5. The predicted molar refractivity (Wildman–Crippen MR) is 84.3 cm³/mol. The Kier molecular flexibility index (Phi) is 3.14. The van der Waals surface area contributed by atoms with E-state index in [2.05, 4.69) is 30.3 Å². The van der Waals surface area contributed by atoms with Crippen LogP contribution in [0.4, 0.5) is 0 Å². The number of carbonyl (C=O) groups excluding carboxylic acids is 1. The van der Waals surface area contributed by atoms with Crippen molar-refractivity contribution in [2.45, 2.75) is 25.2 Å². The molecule has 4 rings (SSSR count). The SMILES string of the molecule is O=C(c1ccccc1)[C@H]1[C@H]2CC[C@H](C2)[C@H]1c1ccccc1. The van der Waals surface area contributed by atoms with Gasteiger partial charge in [0, 0.05) is 11.5 Å². The number of rotatable bonds is 3. The lowest BCUT2D eigenvalue weighted by Crippen LogP contribution is -2.28. The fourth-order valence-corrected chi connectivity index (χ4v) is 4.62. The third kappa shape index (κ3) is 2.12. The molecule has 2 aromatic carbocycles. The highest BCUT2D eigenvalue weighted by Gasteiger charge is 2.50. The van der Waals surface area contributed by atoms with E-state index < -0.39 is 0 Å². The van der Waals surface area contributed by atoms with Gasteiger partial charge in [0.05, 0.1) is 0 Å². The van der Waals surface area contributed by atoms with Gasteiger partial charge in [0.2, 0.25) is 0 Å². The van der Waals surface area contributed by atoms with Crippen LogP contribution in [0.1, 0.15) is 41.1 Å². The van der Waals surface area contributed by atoms with E-state index in [-0.39, 0.29) is 5.92 Å². The molecule has 0 spiro atoms. The van der Waals surface area contributed by atoms with Gasteiger partial charge >= 0.3 is 0 Å². The molecule has 0 amide bonds. The summed E-state index contributed by atoms with van der Waals surface area (Å²) in [5, 5.41) is 0. The summed E-state index contributed by atoms with van der Waals surface area (Å²) in [4.78, 5) is 13.0. The van der Waals surface area contributed by atoms with Crippen LogP contribution in [0.2, 0.25) is 0 Å². The first kappa shape index (κ1) is 12.8. The van der Waals surface area contributed by atoms with Crippen molar-refractivity contribution in [2.75, 3.05) is 0 Å². The van der Waals surface area contributed by atoms with Crippen molar-refractivity contribution in [1.82, 2.24) is 0 Å². The number of Topliss-reactive ketones (excluding diaryl/α,β-unsaturated/α-hetero) is 1. The lowest BCUT2D eigenvalue weighted by atomic mass is 9.72. The summed E-state index contributed by atoms with van der Waals surface area (Å²) in [7, 11) is 0. The maximum Gasteiger partial charge on any atom is 0.166 e. The molecule has 1 nitrogen and oxygen atoms in total. The molecular formula is C20H20O. The fourth-order valence-electron chi connectivity index (χ4n) is 4.62. The van der Waals surface area contributed by atoms with Gasteiger partial charge in [0.15, 0.2) is 5.78 Å². The molecule has 2 aliphatic carbocycles. The van der Waals surface area contributed by atoms with Gasteiger partial charge in [-0.25, -0.2) is 0 Å². The van der Waals surface area contributed by atoms with Gasteiger partial charge in [-0.05, 0) is 42.6 Å². The van der Waals surface area contributed by atoms with Gasteiger partial charge in [-0.2, -0.15) is 0 Å². The van der Waals surface area contributed by atoms with Gasteiger partial charge in [-0.15, -0.1) is 0 Å². The van der Waals surface area contributed by atoms with Crippen LogP contribution < -0.4 is 0 Å². The van der Waals surface area contributed by atoms with Crippen molar-refractivity contribution in [3.05, 3.63) is 71.8 Å². The van der Waals surface area contributed by atoms with E-state index >= 15 is 0 Å². The molecule has 0 aromatic heterocycles. The van der Waals surface area contributed by atoms with E-state index in [1.807, 2.05) is 30.3 Å². The number of benzene rings is 2. The Hall–Kier alpha value is -1.89. The summed E-state index contributed by atoms with van der Waals surface area (Å²) in [6.45, 7) is 0. The third-order valence-electron chi connectivity index (χ3n) is 5.46. The van der Waals surface area contributed by atoms with Crippen molar-refractivity contribution >= 4 is 5.78 Å². The van der Waals surface area contributed by atoms with Gasteiger partial charge in [0.25, 0.3) is 0 Å². The molecule has 0 heterocycles. The summed E-state index contributed by atoms with van der Waals surface area (Å²) >= 11 is 0. The molecule has 2 aromatic rings. The van der Waals surface area contributed by atoms with Crippen LogP contribution in [0.15, 0.2) is 60.7 Å². The highest BCUT2D eigenvalue weighted by atomic mass is 16.1. The molecule has 0 unspecified atom stereocenters. The van der Waals surface area contributed by atoms with Gasteiger partial charge in [-0.1, -0.05) is 60.7 Å². The van der Waals surface area contributed by atoms with Crippen LogP contribution >= 0.6 is 0 Å². The maximum atomic E-state index is 13.0. The number of hydrogen-bond donors (Lipinski definition) is 0. The summed E-state index contributed by atoms with van der Waals surface area (Å²) in [6, 6.07) is 20.5. The molecule has 1 heteroatoms. The molecule has 0 saturated heterocycles. The third-order valence-corrected chi connectivity index (χ3v) is 5.46. The minimum absolute atomic E-state index is 0.188. The van der Waals surface area contributed by atoms with Gasteiger partial charge < -0.3 is 0 Å². The standard InChI is InChI=1S/C20H20O/c21-20(15-9-5-2-6-10-15)19-17-12-11-16(13-17)18(19)14-7-3-1-4-8-14/h1-10,16-19H,11-13H2/t16-,17+,18-,19+/m1/s1. The van der Waals surface area contributed by atoms with E-state index in [0.717, 1.165) is 5.56 Å². The molecule has 21 heavy (non-hydrogen) atoms. The number of fused-ring (bicyclic) bond motifs is 2. The Bertz CT molecular complexity index is 631. The van der Waals surface area contributed by atoms with Crippen molar-refractivity contribution in [1.29, 1.82) is 0 Å².